The number of thiazole rings is 1. The van der Waals surface area contributed by atoms with Crippen molar-refractivity contribution < 1.29 is 14.3 Å². The first-order valence-electron chi connectivity index (χ1n) is 8.42. The third-order valence-electron chi connectivity index (χ3n) is 3.72. The predicted octanol–water partition coefficient (Wildman–Crippen LogP) is 3.71. The normalized spacial score (nSPS) is 12.2. The van der Waals surface area contributed by atoms with Crippen LogP contribution in [0.5, 0.6) is 5.75 Å². The molecule has 2 aromatic rings. The average Bonchev–Trinajstić information content (AvgIpc) is 3.02. The lowest BCUT2D eigenvalue weighted by atomic mass is 10.0. The van der Waals surface area contributed by atoms with Gasteiger partial charge in [0, 0.05) is 11.9 Å². The maximum absolute atomic E-state index is 11.8. The van der Waals surface area contributed by atoms with Gasteiger partial charge in [0.2, 0.25) is 0 Å². The number of carbonyl (C=O) groups is 1. The maximum atomic E-state index is 11.8. The summed E-state index contributed by atoms with van der Waals surface area (Å²) in [4.78, 5) is 16.2. The lowest BCUT2D eigenvalue weighted by Crippen LogP contribution is -2.38. The first kappa shape index (κ1) is 19.4. The molecule has 5 nitrogen and oxygen atoms in total. The van der Waals surface area contributed by atoms with Gasteiger partial charge in [0.15, 0.2) is 0 Å². The van der Waals surface area contributed by atoms with Crippen molar-refractivity contribution >= 4 is 17.3 Å². The summed E-state index contributed by atoms with van der Waals surface area (Å²) >= 11 is 1.62. The molecule has 1 N–H and O–H groups in total. The summed E-state index contributed by atoms with van der Waals surface area (Å²) in [5, 5.41) is 6.33. The largest absolute Gasteiger partial charge is 0.487 e. The van der Waals surface area contributed by atoms with Crippen molar-refractivity contribution in [1.82, 2.24) is 10.3 Å². The Hall–Kier alpha value is -1.92. The topological polar surface area (TPSA) is 60.5 Å². The Balaban J connectivity index is 1.85. The molecule has 2 rings (SSSR count). The first-order chi connectivity index (χ1) is 12.0. The zero-order valence-corrected chi connectivity index (χ0v) is 16.1. The summed E-state index contributed by atoms with van der Waals surface area (Å²) in [7, 11) is 1.42. The molecule has 1 aromatic carbocycles. The summed E-state index contributed by atoms with van der Waals surface area (Å²) < 4.78 is 10.6. The molecule has 0 aliphatic heterocycles. The number of rotatable bonds is 9. The standard InChI is InChI=1S/C19H26N2O3S/c1-13(2)9-18(19(22)23-4)20-10-15-5-7-17(8-6-15)24-11-16-12-25-14(3)21-16/h5-8,12-13,18,20H,9-11H2,1-4H3. The van der Waals surface area contributed by atoms with Crippen molar-refractivity contribution in [1.29, 1.82) is 0 Å². The van der Waals surface area contributed by atoms with Gasteiger partial charge < -0.3 is 14.8 Å². The highest BCUT2D eigenvalue weighted by Crippen LogP contribution is 2.16. The predicted molar refractivity (Wildman–Crippen MR) is 99.7 cm³/mol. The minimum Gasteiger partial charge on any atom is -0.487 e. The number of methoxy groups -OCH3 is 1. The van der Waals surface area contributed by atoms with Crippen molar-refractivity contribution in [2.45, 2.75) is 46.4 Å². The van der Waals surface area contributed by atoms with Gasteiger partial charge >= 0.3 is 5.97 Å². The second kappa shape index (κ2) is 9.53. The van der Waals surface area contributed by atoms with Crippen molar-refractivity contribution in [3.8, 4) is 5.75 Å². The molecule has 1 atom stereocenters. The van der Waals surface area contributed by atoms with Gasteiger partial charge in [-0.15, -0.1) is 11.3 Å². The van der Waals surface area contributed by atoms with Crippen LogP contribution in [0.4, 0.5) is 0 Å². The Morgan fingerprint density at radius 1 is 1.28 bits per heavy atom. The summed E-state index contributed by atoms with van der Waals surface area (Å²) in [5.41, 5.74) is 2.04. The van der Waals surface area contributed by atoms with E-state index in [1.165, 1.54) is 7.11 Å². The van der Waals surface area contributed by atoms with Crippen molar-refractivity contribution in [3.05, 3.63) is 45.9 Å². The van der Waals surface area contributed by atoms with Gasteiger partial charge in [0.05, 0.1) is 17.8 Å². The molecule has 0 aliphatic rings. The van der Waals surface area contributed by atoms with Crippen LogP contribution in [0.15, 0.2) is 29.6 Å². The Morgan fingerprint density at radius 2 is 2.00 bits per heavy atom. The summed E-state index contributed by atoms with van der Waals surface area (Å²) in [6.45, 7) is 7.25. The minimum atomic E-state index is -0.283. The highest BCUT2D eigenvalue weighted by molar-refractivity contribution is 7.09. The second-order valence-electron chi connectivity index (χ2n) is 6.38. The number of benzene rings is 1. The van der Waals surface area contributed by atoms with Gasteiger partial charge in [-0.3, -0.25) is 4.79 Å². The molecule has 1 unspecified atom stereocenters. The minimum absolute atomic E-state index is 0.216. The fourth-order valence-corrected chi connectivity index (χ4v) is 3.05. The zero-order chi connectivity index (χ0) is 18.2. The van der Waals surface area contributed by atoms with Crippen LogP contribution < -0.4 is 10.1 Å². The van der Waals surface area contributed by atoms with E-state index in [4.69, 9.17) is 9.47 Å². The number of nitrogens with one attached hydrogen (secondary N) is 1. The monoisotopic (exact) mass is 362 g/mol. The van der Waals surface area contributed by atoms with Crippen LogP contribution in [0.25, 0.3) is 0 Å². The number of hydrogen-bond donors (Lipinski definition) is 1. The SMILES string of the molecule is COC(=O)C(CC(C)C)NCc1ccc(OCc2csc(C)n2)cc1. The van der Waals surface area contributed by atoms with E-state index in [2.05, 4.69) is 24.1 Å². The number of aromatic nitrogens is 1. The molecule has 136 valence electrons. The van der Waals surface area contributed by atoms with E-state index in [-0.39, 0.29) is 12.0 Å². The Morgan fingerprint density at radius 3 is 2.56 bits per heavy atom. The van der Waals surface area contributed by atoms with E-state index >= 15 is 0 Å². The third kappa shape index (κ3) is 6.48. The molecule has 0 amide bonds. The summed E-state index contributed by atoms with van der Waals surface area (Å²) in [6, 6.07) is 7.59. The van der Waals surface area contributed by atoms with Crippen molar-refractivity contribution in [2.24, 2.45) is 5.92 Å². The van der Waals surface area contributed by atoms with Crippen molar-refractivity contribution in [2.75, 3.05) is 7.11 Å². The van der Waals surface area contributed by atoms with Crippen LogP contribution >= 0.6 is 11.3 Å². The van der Waals surface area contributed by atoms with Gasteiger partial charge in [-0.1, -0.05) is 26.0 Å². The molecule has 6 heteroatoms. The van der Waals surface area contributed by atoms with Crippen LogP contribution in [0.3, 0.4) is 0 Å². The molecule has 0 bridgehead atoms. The summed E-state index contributed by atoms with van der Waals surface area (Å²) in [5.74, 6) is 1.01. The first-order valence-corrected chi connectivity index (χ1v) is 9.30. The number of nitrogens with zero attached hydrogens (tertiary/aromatic N) is 1. The number of ether oxygens (including phenoxy) is 2. The maximum Gasteiger partial charge on any atom is 0.322 e. The molecule has 25 heavy (non-hydrogen) atoms. The van der Waals surface area contributed by atoms with E-state index in [1.54, 1.807) is 11.3 Å². The molecule has 0 saturated heterocycles. The Kier molecular flexibility index (Phi) is 7.40. The third-order valence-corrected chi connectivity index (χ3v) is 4.54. The average molecular weight is 362 g/mol. The molecule has 1 heterocycles. The van der Waals surface area contributed by atoms with Gasteiger partial charge in [-0.2, -0.15) is 0 Å². The molecule has 0 saturated carbocycles. The van der Waals surface area contributed by atoms with Crippen LogP contribution in [-0.4, -0.2) is 24.1 Å². The smallest absolute Gasteiger partial charge is 0.322 e. The van der Waals surface area contributed by atoms with E-state index in [0.717, 1.165) is 28.4 Å². The Labute approximate surface area is 153 Å². The van der Waals surface area contributed by atoms with E-state index in [0.29, 0.717) is 19.1 Å². The molecular weight excluding hydrogens is 336 g/mol. The molecule has 1 aromatic heterocycles. The van der Waals surface area contributed by atoms with Gasteiger partial charge in [0.1, 0.15) is 18.4 Å². The summed E-state index contributed by atoms with van der Waals surface area (Å²) in [6.07, 6.45) is 0.751. The zero-order valence-electron chi connectivity index (χ0n) is 15.2. The quantitative estimate of drug-likeness (QED) is 0.689. The van der Waals surface area contributed by atoms with Gasteiger partial charge in [-0.25, -0.2) is 4.98 Å². The van der Waals surface area contributed by atoms with Gasteiger partial charge in [0.25, 0.3) is 0 Å². The van der Waals surface area contributed by atoms with Crippen LogP contribution in [0, 0.1) is 12.8 Å². The Bertz CT molecular complexity index is 668. The number of esters is 1. The van der Waals surface area contributed by atoms with Gasteiger partial charge in [-0.05, 0) is 37.0 Å². The number of carbonyl (C=O) groups excluding carboxylic acids is 1. The van der Waals surface area contributed by atoms with E-state index in [9.17, 15) is 4.79 Å². The molecule has 0 fully saturated rings. The molecule has 0 radical (unpaired) electrons. The lowest BCUT2D eigenvalue weighted by molar-refractivity contribution is -0.143. The molecule has 0 aliphatic carbocycles. The highest BCUT2D eigenvalue weighted by Gasteiger charge is 2.19. The van der Waals surface area contributed by atoms with Crippen LogP contribution in [-0.2, 0) is 22.7 Å². The number of aryl methyl sites for hydroxylation is 1. The van der Waals surface area contributed by atoms with Crippen molar-refractivity contribution in [3.63, 3.8) is 0 Å². The molecule has 0 spiro atoms. The fraction of sp³-hybridized carbons (Fsp3) is 0.474. The molecular formula is C19H26N2O3S. The number of hydrogen-bond acceptors (Lipinski definition) is 6. The highest BCUT2D eigenvalue weighted by atomic mass is 32.1. The second-order valence-corrected chi connectivity index (χ2v) is 7.44. The van der Waals surface area contributed by atoms with Crippen LogP contribution in [0.1, 0.15) is 36.5 Å². The van der Waals surface area contributed by atoms with E-state index < -0.39 is 0 Å². The van der Waals surface area contributed by atoms with E-state index in [1.807, 2.05) is 36.6 Å². The fourth-order valence-electron chi connectivity index (χ4n) is 2.45. The van der Waals surface area contributed by atoms with Crippen LogP contribution in [0.2, 0.25) is 0 Å². The lowest BCUT2D eigenvalue weighted by Gasteiger charge is -2.18.